The van der Waals surface area contributed by atoms with Gasteiger partial charge >= 0.3 is 0 Å². The molecule has 0 aliphatic carbocycles. The molecule has 3 rings (SSSR count). The van der Waals surface area contributed by atoms with Gasteiger partial charge in [0.25, 0.3) is 5.97 Å². The van der Waals surface area contributed by atoms with E-state index in [0.717, 1.165) is 24.7 Å². The Morgan fingerprint density at radius 1 is 0.767 bits per heavy atom. The van der Waals surface area contributed by atoms with Crippen molar-refractivity contribution < 1.29 is 9.90 Å². The zero-order valence-corrected chi connectivity index (χ0v) is 18.1. The summed E-state index contributed by atoms with van der Waals surface area (Å²) in [5.41, 5.74) is 4.75. The summed E-state index contributed by atoms with van der Waals surface area (Å²) in [5, 5.41) is 7.42. The number of hydrogen-bond acceptors (Lipinski definition) is 3. The van der Waals surface area contributed by atoms with E-state index < -0.39 is 5.97 Å². The number of benzene rings is 2. The van der Waals surface area contributed by atoms with Crippen LogP contribution in [-0.2, 0) is 11.2 Å². The Labute approximate surface area is 180 Å². The number of hydrogen-bond donors (Lipinski definition) is 1. The lowest BCUT2D eigenvalue weighted by atomic mass is 10.0. The van der Waals surface area contributed by atoms with Crippen molar-refractivity contribution in [3.63, 3.8) is 0 Å². The summed E-state index contributed by atoms with van der Waals surface area (Å²) < 4.78 is 0. The number of aryl methyl sites for hydroxylation is 1. The molecule has 4 heteroatoms. The van der Waals surface area contributed by atoms with Crippen molar-refractivity contribution in [1.29, 1.82) is 0 Å². The minimum Gasteiger partial charge on any atom is -0.481 e. The Kier molecular flexibility index (Phi) is 10.3. The van der Waals surface area contributed by atoms with E-state index in [1.54, 1.807) is 0 Å². The monoisotopic (exact) mass is 404 g/mol. The lowest BCUT2D eigenvalue weighted by molar-refractivity contribution is -0.134. The standard InChI is InChI=1S/C24H28N2.C2H4O2/c1-2-3-4-5-6-8-11-20-18-25-24(26-19-20)23-16-14-22(15-17-23)21-12-9-7-10-13-21;1-2(3)4/h7,9-10,12-19H,2-6,8,11H2,1H3;1H3,(H,3,4). The molecular weight excluding hydrogens is 372 g/mol. The molecule has 0 spiro atoms. The van der Waals surface area contributed by atoms with Crippen LogP contribution in [0.5, 0.6) is 0 Å². The van der Waals surface area contributed by atoms with E-state index in [-0.39, 0.29) is 0 Å². The number of aliphatic carboxylic acids is 1. The molecule has 0 fully saturated rings. The largest absolute Gasteiger partial charge is 0.481 e. The minimum atomic E-state index is -0.833. The van der Waals surface area contributed by atoms with Crippen LogP contribution in [0.4, 0.5) is 0 Å². The fraction of sp³-hybridized carbons (Fsp3) is 0.346. The first kappa shape index (κ1) is 23.3. The summed E-state index contributed by atoms with van der Waals surface area (Å²) in [5.74, 6) is -0.0312. The lowest BCUT2D eigenvalue weighted by Crippen LogP contribution is -1.93. The lowest BCUT2D eigenvalue weighted by Gasteiger charge is -2.05. The highest BCUT2D eigenvalue weighted by atomic mass is 16.4. The molecular formula is C26H32N2O2. The van der Waals surface area contributed by atoms with Crippen LogP contribution < -0.4 is 0 Å². The van der Waals surface area contributed by atoms with Gasteiger partial charge in [0, 0.05) is 24.9 Å². The summed E-state index contributed by atoms with van der Waals surface area (Å²) in [6, 6.07) is 18.9. The van der Waals surface area contributed by atoms with Crippen LogP contribution in [0.25, 0.3) is 22.5 Å². The first-order chi connectivity index (χ1) is 14.6. The molecule has 158 valence electrons. The normalized spacial score (nSPS) is 10.2. The average molecular weight is 405 g/mol. The van der Waals surface area contributed by atoms with Crippen LogP contribution in [0, 0.1) is 0 Å². The van der Waals surface area contributed by atoms with Crippen molar-refractivity contribution in [2.75, 3.05) is 0 Å². The van der Waals surface area contributed by atoms with E-state index in [1.165, 1.54) is 55.2 Å². The Balaban J connectivity index is 0.000000735. The first-order valence-corrected chi connectivity index (χ1v) is 10.8. The van der Waals surface area contributed by atoms with Gasteiger partial charge in [-0.2, -0.15) is 0 Å². The van der Waals surface area contributed by atoms with Gasteiger partial charge in [0.05, 0.1) is 0 Å². The third kappa shape index (κ3) is 8.56. The Morgan fingerprint density at radius 3 is 1.87 bits per heavy atom. The zero-order valence-electron chi connectivity index (χ0n) is 18.1. The number of nitrogens with zero attached hydrogens (tertiary/aromatic N) is 2. The molecule has 0 unspecified atom stereocenters. The molecule has 1 N–H and O–H groups in total. The fourth-order valence-electron chi connectivity index (χ4n) is 3.18. The predicted octanol–water partition coefficient (Wildman–Crippen LogP) is 6.80. The van der Waals surface area contributed by atoms with E-state index in [2.05, 4.69) is 65.4 Å². The molecule has 2 aromatic carbocycles. The van der Waals surface area contributed by atoms with E-state index in [9.17, 15) is 0 Å². The van der Waals surface area contributed by atoms with Gasteiger partial charge < -0.3 is 5.11 Å². The van der Waals surface area contributed by atoms with Crippen molar-refractivity contribution >= 4 is 5.97 Å². The van der Waals surface area contributed by atoms with Crippen molar-refractivity contribution in [3.8, 4) is 22.5 Å². The summed E-state index contributed by atoms with van der Waals surface area (Å²) in [4.78, 5) is 18.1. The highest BCUT2D eigenvalue weighted by molar-refractivity contribution is 5.67. The molecule has 4 nitrogen and oxygen atoms in total. The smallest absolute Gasteiger partial charge is 0.300 e. The molecule has 0 radical (unpaired) electrons. The summed E-state index contributed by atoms with van der Waals surface area (Å²) in [7, 11) is 0. The first-order valence-electron chi connectivity index (χ1n) is 10.8. The van der Waals surface area contributed by atoms with Crippen molar-refractivity contribution in [2.45, 2.75) is 58.8 Å². The second-order valence-electron chi connectivity index (χ2n) is 7.40. The van der Waals surface area contributed by atoms with Crippen molar-refractivity contribution in [1.82, 2.24) is 9.97 Å². The Morgan fingerprint density at radius 2 is 1.27 bits per heavy atom. The quantitative estimate of drug-likeness (QED) is 0.398. The highest BCUT2D eigenvalue weighted by Crippen LogP contribution is 2.22. The number of carboxylic acids is 1. The molecule has 30 heavy (non-hydrogen) atoms. The van der Waals surface area contributed by atoms with Crippen LogP contribution >= 0.6 is 0 Å². The third-order valence-electron chi connectivity index (χ3n) is 4.77. The van der Waals surface area contributed by atoms with Crippen LogP contribution in [0.1, 0.15) is 57.9 Å². The molecule has 0 aliphatic heterocycles. The maximum Gasteiger partial charge on any atom is 0.300 e. The van der Waals surface area contributed by atoms with Gasteiger partial charge in [-0.3, -0.25) is 4.79 Å². The molecule has 1 heterocycles. The van der Waals surface area contributed by atoms with Gasteiger partial charge in [0.15, 0.2) is 5.82 Å². The van der Waals surface area contributed by atoms with Crippen LogP contribution in [0.2, 0.25) is 0 Å². The number of aromatic nitrogens is 2. The second-order valence-corrected chi connectivity index (χ2v) is 7.40. The predicted molar refractivity (Wildman–Crippen MR) is 123 cm³/mol. The molecule has 0 aliphatic rings. The molecule has 0 saturated heterocycles. The van der Waals surface area contributed by atoms with Crippen LogP contribution in [0.15, 0.2) is 67.0 Å². The highest BCUT2D eigenvalue weighted by Gasteiger charge is 2.03. The van der Waals surface area contributed by atoms with E-state index in [0.29, 0.717) is 0 Å². The van der Waals surface area contributed by atoms with Crippen molar-refractivity contribution in [2.24, 2.45) is 0 Å². The fourth-order valence-corrected chi connectivity index (χ4v) is 3.18. The number of unbranched alkanes of at least 4 members (excludes halogenated alkanes) is 5. The van der Waals surface area contributed by atoms with Crippen LogP contribution in [0.3, 0.4) is 0 Å². The topological polar surface area (TPSA) is 63.1 Å². The van der Waals surface area contributed by atoms with Gasteiger partial charge in [-0.25, -0.2) is 9.97 Å². The Hall–Kier alpha value is -3.01. The number of carbonyl (C=O) groups is 1. The van der Waals surface area contributed by atoms with E-state index in [1.807, 2.05) is 18.5 Å². The Bertz CT molecular complexity index is 856. The maximum absolute atomic E-state index is 9.00. The van der Waals surface area contributed by atoms with E-state index in [4.69, 9.17) is 9.90 Å². The maximum atomic E-state index is 9.00. The molecule has 3 aromatic rings. The van der Waals surface area contributed by atoms with E-state index >= 15 is 0 Å². The summed E-state index contributed by atoms with van der Waals surface area (Å²) in [6.45, 7) is 3.34. The van der Waals surface area contributed by atoms with Gasteiger partial charge in [-0.1, -0.05) is 93.6 Å². The molecule has 0 saturated carbocycles. The molecule has 0 bridgehead atoms. The zero-order chi connectivity index (χ0) is 21.6. The minimum absolute atomic E-state index is 0.802. The second kappa shape index (κ2) is 13.3. The van der Waals surface area contributed by atoms with Gasteiger partial charge in [-0.05, 0) is 29.5 Å². The summed E-state index contributed by atoms with van der Waals surface area (Å²) in [6.07, 6.45) is 13.0. The van der Waals surface area contributed by atoms with Gasteiger partial charge in [0.1, 0.15) is 0 Å². The molecule has 1 aromatic heterocycles. The average Bonchev–Trinajstić information content (AvgIpc) is 2.77. The summed E-state index contributed by atoms with van der Waals surface area (Å²) >= 11 is 0. The number of rotatable bonds is 9. The molecule has 0 amide bonds. The molecule has 0 atom stereocenters. The SMILES string of the molecule is CC(=O)O.CCCCCCCCc1cnc(-c2ccc(-c3ccccc3)cc2)nc1. The van der Waals surface area contributed by atoms with Crippen molar-refractivity contribution in [3.05, 3.63) is 72.6 Å². The van der Waals surface area contributed by atoms with Gasteiger partial charge in [0.2, 0.25) is 0 Å². The van der Waals surface area contributed by atoms with Gasteiger partial charge in [-0.15, -0.1) is 0 Å². The number of carboxylic acid groups (broad SMARTS) is 1. The van der Waals surface area contributed by atoms with Crippen LogP contribution in [-0.4, -0.2) is 21.0 Å². The third-order valence-corrected chi connectivity index (χ3v) is 4.77.